The molecule has 2 aromatic carbocycles. The van der Waals surface area contributed by atoms with Gasteiger partial charge in [0.2, 0.25) is 5.91 Å². The minimum absolute atomic E-state index is 0.0288. The molecule has 0 fully saturated rings. The molecule has 0 aliphatic carbocycles. The van der Waals surface area contributed by atoms with E-state index in [1.54, 1.807) is 0 Å². The van der Waals surface area contributed by atoms with Gasteiger partial charge in [-0.1, -0.05) is 37.3 Å². The SMILES string of the molecule is CCC(=O)Nc1cccc(NCc2ccccc2C)c1. The summed E-state index contributed by atoms with van der Waals surface area (Å²) in [5, 5.41) is 6.24. The molecule has 3 nitrogen and oxygen atoms in total. The summed E-state index contributed by atoms with van der Waals surface area (Å²) in [4.78, 5) is 11.4. The molecule has 0 atom stereocenters. The first kappa shape index (κ1) is 14.1. The Hall–Kier alpha value is -2.29. The van der Waals surface area contributed by atoms with Gasteiger partial charge in [0.1, 0.15) is 0 Å². The van der Waals surface area contributed by atoms with Crippen LogP contribution in [-0.4, -0.2) is 5.91 Å². The van der Waals surface area contributed by atoms with Gasteiger partial charge in [-0.25, -0.2) is 0 Å². The van der Waals surface area contributed by atoms with E-state index in [1.807, 2.05) is 43.3 Å². The van der Waals surface area contributed by atoms with Crippen LogP contribution in [0.3, 0.4) is 0 Å². The van der Waals surface area contributed by atoms with Gasteiger partial charge in [0.15, 0.2) is 0 Å². The normalized spacial score (nSPS) is 10.1. The van der Waals surface area contributed by atoms with Crippen LogP contribution in [0.25, 0.3) is 0 Å². The Kier molecular flexibility index (Phi) is 4.77. The number of anilines is 2. The number of nitrogens with one attached hydrogen (secondary N) is 2. The van der Waals surface area contributed by atoms with Gasteiger partial charge in [0.05, 0.1) is 0 Å². The summed E-state index contributed by atoms with van der Waals surface area (Å²) in [6, 6.07) is 16.1. The van der Waals surface area contributed by atoms with Gasteiger partial charge in [-0.05, 0) is 36.2 Å². The van der Waals surface area contributed by atoms with Crippen LogP contribution in [0.2, 0.25) is 0 Å². The molecule has 0 aliphatic heterocycles. The summed E-state index contributed by atoms with van der Waals surface area (Å²) in [7, 11) is 0. The summed E-state index contributed by atoms with van der Waals surface area (Å²) >= 11 is 0. The number of carbonyl (C=O) groups excluding carboxylic acids is 1. The van der Waals surface area contributed by atoms with Gasteiger partial charge in [-0.15, -0.1) is 0 Å². The predicted octanol–water partition coefficient (Wildman–Crippen LogP) is 3.96. The minimum Gasteiger partial charge on any atom is -0.381 e. The van der Waals surface area contributed by atoms with E-state index in [0.717, 1.165) is 17.9 Å². The van der Waals surface area contributed by atoms with Crippen molar-refractivity contribution in [3.05, 3.63) is 59.7 Å². The van der Waals surface area contributed by atoms with Crippen LogP contribution in [0.5, 0.6) is 0 Å². The van der Waals surface area contributed by atoms with Crippen molar-refractivity contribution in [3.8, 4) is 0 Å². The fourth-order valence-electron chi connectivity index (χ4n) is 1.96. The van der Waals surface area contributed by atoms with Gasteiger partial charge < -0.3 is 10.6 Å². The molecule has 2 aromatic rings. The topological polar surface area (TPSA) is 41.1 Å². The molecule has 0 aliphatic rings. The molecule has 0 heterocycles. The van der Waals surface area contributed by atoms with Gasteiger partial charge >= 0.3 is 0 Å². The van der Waals surface area contributed by atoms with Crippen LogP contribution in [0.4, 0.5) is 11.4 Å². The third kappa shape index (κ3) is 3.85. The van der Waals surface area contributed by atoms with Crippen molar-refractivity contribution in [2.24, 2.45) is 0 Å². The minimum atomic E-state index is 0.0288. The Morgan fingerprint density at radius 3 is 2.55 bits per heavy atom. The van der Waals surface area contributed by atoms with E-state index in [2.05, 4.69) is 29.7 Å². The monoisotopic (exact) mass is 268 g/mol. The molecule has 0 bridgehead atoms. The van der Waals surface area contributed by atoms with E-state index >= 15 is 0 Å². The van der Waals surface area contributed by atoms with Crippen molar-refractivity contribution in [1.82, 2.24) is 0 Å². The lowest BCUT2D eigenvalue weighted by Gasteiger charge is -2.10. The number of hydrogen-bond donors (Lipinski definition) is 2. The van der Waals surface area contributed by atoms with Crippen molar-refractivity contribution in [2.45, 2.75) is 26.8 Å². The highest BCUT2D eigenvalue weighted by Crippen LogP contribution is 2.17. The highest BCUT2D eigenvalue weighted by molar-refractivity contribution is 5.90. The highest BCUT2D eigenvalue weighted by Gasteiger charge is 2.01. The molecule has 0 unspecified atom stereocenters. The Bertz CT molecular complexity index is 593. The highest BCUT2D eigenvalue weighted by atomic mass is 16.1. The van der Waals surface area contributed by atoms with Crippen LogP contribution >= 0.6 is 0 Å². The number of amides is 1. The lowest BCUT2D eigenvalue weighted by atomic mass is 10.1. The second-order valence-electron chi connectivity index (χ2n) is 4.76. The first-order chi connectivity index (χ1) is 9.69. The largest absolute Gasteiger partial charge is 0.381 e. The van der Waals surface area contributed by atoms with Crippen LogP contribution in [0, 0.1) is 6.92 Å². The van der Waals surface area contributed by atoms with E-state index in [9.17, 15) is 4.79 Å². The smallest absolute Gasteiger partial charge is 0.224 e. The number of rotatable bonds is 5. The summed E-state index contributed by atoms with van der Waals surface area (Å²) in [6.45, 7) is 4.72. The maximum Gasteiger partial charge on any atom is 0.224 e. The standard InChI is InChI=1S/C17H20N2O/c1-3-17(20)19-16-10-6-9-15(11-16)18-12-14-8-5-4-7-13(14)2/h4-11,18H,3,12H2,1-2H3,(H,19,20). The van der Waals surface area contributed by atoms with E-state index < -0.39 is 0 Å². The molecule has 1 amide bonds. The Morgan fingerprint density at radius 2 is 1.80 bits per heavy atom. The van der Waals surface area contributed by atoms with E-state index in [1.165, 1.54) is 11.1 Å². The fraction of sp³-hybridized carbons (Fsp3) is 0.235. The predicted molar refractivity (Wildman–Crippen MR) is 83.9 cm³/mol. The average Bonchev–Trinajstić information content (AvgIpc) is 2.47. The Morgan fingerprint density at radius 1 is 1.05 bits per heavy atom. The number of hydrogen-bond acceptors (Lipinski definition) is 2. The van der Waals surface area contributed by atoms with Crippen LogP contribution < -0.4 is 10.6 Å². The van der Waals surface area contributed by atoms with Gasteiger partial charge in [0.25, 0.3) is 0 Å². The zero-order chi connectivity index (χ0) is 14.4. The van der Waals surface area contributed by atoms with E-state index in [4.69, 9.17) is 0 Å². The molecule has 0 spiro atoms. The van der Waals surface area contributed by atoms with Crippen molar-refractivity contribution in [3.63, 3.8) is 0 Å². The molecular formula is C17H20N2O. The summed E-state index contributed by atoms with van der Waals surface area (Å²) in [5.41, 5.74) is 4.37. The maximum absolute atomic E-state index is 11.4. The molecule has 20 heavy (non-hydrogen) atoms. The molecule has 2 N–H and O–H groups in total. The van der Waals surface area contributed by atoms with Gasteiger partial charge in [-0.3, -0.25) is 4.79 Å². The van der Waals surface area contributed by atoms with Gasteiger partial charge in [0, 0.05) is 24.3 Å². The molecular weight excluding hydrogens is 248 g/mol. The van der Waals surface area contributed by atoms with Crippen LogP contribution in [0.1, 0.15) is 24.5 Å². The Labute approximate surface area is 120 Å². The van der Waals surface area contributed by atoms with E-state index in [0.29, 0.717) is 6.42 Å². The average molecular weight is 268 g/mol. The third-order valence-corrected chi connectivity index (χ3v) is 3.21. The summed E-state index contributed by atoms with van der Waals surface area (Å²) < 4.78 is 0. The molecule has 0 aromatic heterocycles. The fourth-order valence-corrected chi connectivity index (χ4v) is 1.96. The second kappa shape index (κ2) is 6.75. The molecule has 0 saturated carbocycles. The Balaban J connectivity index is 2.01. The van der Waals surface area contributed by atoms with Crippen molar-refractivity contribution < 1.29 is 4.79 Å². The van der Waals surface area contributed by atoms with Crippen molar-refractivity contribution in [1.29, 1.82) is 0 Å². The van der Waals surface area contributed by atoms with E-state index in [-0.39, 0.29) is 5.91 Å². The maximum atomic E-state index is 11.4. The zero-order valence-corrected chi connectivity index (χ0v) is 11.9. The van der Waals surface area contributed by atoms with Crippen LogP contribution in [0.15, 0.2) is 48.5 Å². The molecule has 0 radical (unpaired) electrons. The lowest BCUT2D eigenvalue weighted by molar-refractivity contribution is -0.115. The molecule has 3 heteroatoms. The molecule has 2 rings (SSSR count). The molecule has 104 valence electrons. The summed E-state index contributed by atoms with van der Waals surface area (Å²) in [5.74, 6) is 0.0288. The second-order valence-corrected chi connectivity index (χ2v) is 4.76. The quantitative estimate of drug-likeness (QED) is 0.862. The number of benzene rings is 2. The first-order valence-electron chi connectivity index (χ1n) is 6.87. The van der Waals surface area contributed by atoms with Crippen LogP contribution in [-0.2, 0) is 11.3 Å². The molecule has 0 saturated heterocycles. The summed E-state index contributed by atoms with van der Waals surface area (Å²) in [6.07, 6.45) is 0.487. The first-order valence-corrected chi connectivity index (χ1v) is 6.87. The van der Waals surface area contributed by atoms with Gasteiger partial charge in [-0.2, -0.15) is 0 Å². The zero-order valence-electron chi connectivity index (χ0n) is 11.9. The third-order valence-electron chi connectivity index (χ3n) is 3.21. The number of aryl methyl sites for hydroxylation is 1. The number of carbonyl (C=O) groups is 1. The lowest BCUT2D eigenvalue weighted by Crippen LogP contribution is -2.09. The van der Waals surface area contributed by atoms with Crippen molar-refractivity contribution in [2.75, 3.05) is 10.6 Å². The van der Waals surface area contributed by atoms with Crippen molar-refractivity contribution >= 4 is 17.3 Å².